The van der Waals surface area contributed by atoms with Gasteiger partial charge in [0.05, 0.1) is 35.1 Å². The lowest BCUT2D eigenvalue weighted by molar-refractivity contribution is 0.315. The third-order valence-electron chi connectivity index (χ3n) is 6.60. The standard InChI is InChI=1S/C29H31N5O7S2/c1-17-11-26(18(2)10-25(17)30)33-34-28-13-19(3)27(12-20(28)4)32-31-22-7-6-21-14-23(41-8-5-9-42(35,36)37)16-29(24(21)15-22)43(38,39)40/h6-7,10-16H,5,8-9,30H2,1-4H3,(H,35,36,37)(H,38,39,40). The fourth-order valence-corrected chi connectivity index (χ4v) is 5.43. The molecule has 4 aromatic carbocycles. The van der Waals surface area contributed by atoms with Gasteiger partial charge in [-0.15, -0.1) is 0 Å². The van der Waals surface area contributed by atoms with Crippen molar-refractivity contribution in [1.82, 2.24) is 0 Å². The smallest absolute Gasteiger partial charge is 0.295 e. The second kappa shape index (κ2) is 12.6. The van der Waals surface area contributed by atoms with Crippen molar-refractivity contribution in [2.24, 2.45) is 20.5 Å². The van der Waals surface area contributed by atoms with E-state index >= 15 is 0 Å². The molecule has 4 N–H and O–H groups in total. The number of nitrogens with two attached hydrogens (primary N) is 1. The van der Waals surface area contributed by atoms with Gasteiger partial charge < -0.3 is 10.5 Å². The van der Waals surface area contributed by atoms with E-state index in [1.807, 2.05) is 52.0 Å². The number of rotatable bonds is 10. The Morgan fingerprint density at radius 3 is 1.86 bits per heavy atom. The summed E-state index contributed by atoms with van der Waals surface area (Å²) in [7, 11) is -8.80. The quantitative estimate of drug-likeness (QED) is 0.0702. The fourth-order valence-electron chi connectivity index (χ4n) is 4.23. The van der Waals surface area contributed by atoms with E-state index in [2.05, 4.69) is 20.5 Å². The van der Waals surface area contributed by atoms with Gasteiger partial charge in [0, 0.05) is 17.1 Å². The van der Waals surface area contributed by atoms with Crippen molar-refractivity contribution in [3.05, 3.63) is 76.9 Å². The van der Waals surface area contributed by atoms with Crippen LogP contribution >= 0.6 is 0 Å². The molecule has 0 radical (unpaired) electrons. The second-order valence-corrected chi connectivity index (χ2v) is 13.1. The summed E-state index contributed by atoms with van der Waals surface area (Å²) in [5.74, 6) is -0.399. The van der Waals surface area contributed by atoms with Gasteiger partial charge in [0.25, 0.3) is 20.2 Å². The highest BCUT2D eigenvalue weighted by Gasteiger charge is 2.17. The van der Waals surface area contributed by atoms with Crippen LogP contribution in [-0.4, -0.2) is 38.3 Å². The number of aryl methyl sites for hydroxylation is 4. The first kappa shape index (κ1) is 31.7. The number of nitrogen functional groups attached to an aromatic ring is 1. The Morgan fingerprint density at radius 2 is 1.28 bits per heavy atom. The molecule has 0 fully saturated rings. The van der Waals surface area contributed by atoms with Gasteiger partial charge in [-0.05, 0) is 104 Å². The molecule has 0 aliphatic carbocycles. The number of hydrogen-bond acceptors (Lipinski definition) is 10. The van der Waals surface area contributed by atoms with E-state index in [-0.39, 0.29) is 24.2 Å². The van der Waals surface area contributed by atoms with Crippen LogP contribution in [0.5, 0.6) is 5.75 Å². The molecular weight excluding hydrogens is 594 g/mol. The molecule has 4 rings (SSSR count). The van der Waals surface area contributed by atoms with Crippen molar-refractivity contribution in [3.63, 3.8) is 0 Å². The van der Waals surface area contributed by atoms with Crippen molar-refractivity contribution in [3.8, 4) is 5.75 Å². The zero-order chi connectivity index (χ0) is 31.5. The van der Waals surface area contributed by atoms with E-state index < -0.39 is 30.9 Å². The van der Waals surface area contributed by atoms with Crippen LogP contribution in [-0.2, 0) is 20.2 Å². The predicted molar refractivity (Wildman–Crippen MR) is 165 cm³/mol. The summed E-state index contributed by atoms with van der Waals surface area (Å²) >= 11 is 0. The number of hydrogen-bond donors (Lipinski definition) is 3. The lowest BCUT2D eigenvalue weighted by atomic mass is 10.1. The Morgan fingerprint density at radius 1 is 0.721 bits per heavy atom. The molecule has 12 nitrogen and oxygen atoms in total. The molecule has 43 heavy (non-hydrogen) atoms. The average Bonchev–Trinajstić information content (AvgIpc) is 2.91. The van der Waals surface area contributed by atoms with Crippen LogP contribution in [0, 0.1) is 27.7 Å². The van der Waals surface area contributed by atoms with Gasteiger partial charge in [-0.25, -0.2) is 0 Å². The lowest BCUT2D eigenvalue weighted by Crippen LogP contribution is -2.09. The van der Waals surface area contributed by atoms with E-state index in [1.54, 1.807) is 18.2 Å². The first-order valence-corrected chi connectivity index (χ1v) is 16.1. The van der Waals surface area contributed by atoms with Crippen molar-refractivity contribution in [2.45, 2.75) is 39.0 Å². The zero-order valence-corrected chi connectivity index (χ0v) is 25.6. The Labute approximate surface area is 249 Å². The molecule has 0 atom stereocenters. The summed E-state index contributed by atoms with van der Waals surface area (Å²) in [6, 6.07) is 14.8. The van der Waals surface area contributed by atoms with Crippen molar-refractivity contribution in [1.29, 1.82) is 0 Å². The minimum Gasteiger partial charge on any atom is -0.493 e. The maximum absolute atomic E-state index is 12.2. The van der Waals surface area contributed by atoms with Crippen LogP contribution in [0.15, 0.2) is 79.9 Å². The topological polar surface area (TPSA) is 193 Å². The van der Waals surface area contributed by atoms with Gasteiger partial charge in [0.2, 0.25) is 0 Å². The highest BCUT2D eigenvalue weighted by Crippen LogP contribution is 2.35. The maximum atomic E-state index is 12.2. The minimum absolute atomic E-state index is 0.0118. The summed E-state index contributed by atoms with van der Waals surface area (Å²) in [4.78, 5) is -0.403. The third-order valence-corrected chi connectivity index (χ3v) is 8.30. The molecule has 0 unspecified atom stereocenters. The number of anilines is 1. The average molecular weight is 626 g/mol. The maximum Gasteiger partial charge on any atom is 0.295 e. The van der Waals surface area contributed by atoms with Crippen LogP contribution in [0.1, 0.15) is 28.7 Å². The van der Waals surface area contributed by atoms with Crippen LogP contribution < -0.4 is 10.5 Å². The summed E-state index contributed by atoms with van der Waals surface area (Å²) in [6.07, 6.45) is -0.0118. The molecule has 0 aromatic heterocycles. The van der Waals surface area contributed by atoms with Crippen molar-refractivity contribution < 1.29 is 30.7 Å². The number of benzene rings is 4. The van der Waals surface area contributed by atoms with Gasteiger partial charge in [-0.2, -0.15) is 37.3 Å². The van der Waals surface area contributed by atoms with E-state index in [9.17, 15) is 21.4 Å². The zero-order valence-electron chi connectivity index (χ0n) is 23.9. The highest BCUT2D eigenvalue weighted by molar-refractivity contribution is 7.86. The largest absolute Gasteiger partial charge is 0.493 e. The van der Waals surface area contributed by atoms with Crippen LogP contribution in [0.25, 0.3) is 10.8 Å². The Hall–Kier alpha value is -4.24. The number of ether oxygens (including phenoxy) is 1. The van der Waals surface area contributed by atoms with Gasteiger partial charge in [0.15, 0.2) is 0 Å². The molecular formula is C29H31N5O7S2. The minimum atomic E-state index is -4.65. The Bertz CT molecular complexity index is 1990. The fraction of sp³-hybridized carbons (Fsp3) is 0.241. The summed E-state index contributed by atoms with van der Waals surface area (Å²) in [5, 5.41) is 18.1. The van der Waals surface area contributed by atoms with E-state index in [0.717, 1.165) is 34.0 Å². The van der Waals surface area contributed by atoms with Crippen LogP contribution in [0.4, 0.5) is 28.4 Å². The molecule has 4 aromatic rings. The van der Waals surface area contributed by atoms with Gasteiger partial charge >= 0.3 is 0 Å². The molecule has 0 bridgehead atoms. The summed E-state index contributed by atoms with van der Waals surface area (Å²) < 4.78 is 70.3. The van der Waals surface area contributed by atoms with E-state index in [0.29, 0.717) is 28.1 Å². The Balaban J connectivity index is 1.59. The number of nitrogens with zero attached hydrogens (tertiary/aromatic N) is 4. The van der Waals surface area contributed by atoms with Gasteiger partial charge in [-0.3, -0.25) is 9.11 Å². The molecule has 226 valence electrons. The molecule has 0 amide bonds. The number of fused-ring (bicyclic) bond motifs is 1. The lowest BCUT2D eigenvalue weighted by Gasteiger charge is -2.10. The number of azo groups is 2. The van der Waals surface area contributed by atoms with E-state index in [1.165, 1.54) is 6.07 Å². The molecule has 0 saturated heterocycles. The normalized spacial score (nSPS) is 12.5. The molecule has 0 heterocycles. The summed E-state index contributed by atoms with van der Waals surface area (Å²) in [5.41, 5.74) is 12.4. The SMILES string of the molecule is Cc1cc(N=Nc2cc(C)c(N=Nc3ccc4cc(OCCCS(=O)(=O)O)cc(S(=O)(=O)O)c4c3)cc2C)c(C)cc1N. The van der Waals surface area contributed by atoms with Crippen LogP contribution in [0.3, 0.4) is 0 Å². The third kappa shape index (κ3) is 8.20. The summed E-state index contributed by atoms with van der Waals surface area (Å²) in [6.45, 7) is 7.47. The Kier molecular flexibility index (Phi) is 9.25. The first-order chi connectivity index (χ1) is 20.1. The van der Waals surface area contributed by atoms with Crippen molar-refractivity contribution in [2.75, 3.05) is 18.1 Å². The molecule has 0 aliphatic rings. The van der Waals surface area contributed by atoms with E-state index in [4.69, 9.17) is 15.0 Å². The molecule has 0 spiro atoms. The monoisotopic (exact) mass is 625 g/mol. The second-order valence-electron chi connectivity index (χ2n) is 10.1. The van der Waals surface area contributed by atoms with Gasteiger partial charge in [0.1, 0.15) is 10.6 Å². The van der Waals surface area contributed by atoms with Crippen LogP contribution in [0.2, 0.25) is 0 Å². The molecule has 14 heteroatoms. The molecule has 0 aliphatic heterocycles. The first-order valence-electron chi connectivity index (χ1n) is 13.1. The van der Waals surface area contributed by atoms with Gasteiger partial charge in [-0.1, -0.05) is 6.07 Å². The molecule has 0 saturated carbocycles. The highest BCUT2D eigenvalue weighted by atomic mass is 32.2. The van der Waals surface area contributed by atoms with Crippen molar-refractivity contribution >= 4 is 59.4 Å². The predicted octanol–water partition coefficient (Wildman–Crippen LogP) is 7.39.